The van der Waals surface area contributed by atoms with Gasteiger partial charge in [0.1, 0.15) is 5.82 Å². The van der Waals surface area contributed by atoms with Crippen molar-refractivity contribution in [3.8, 4) is 0 Å². The molecule has 0 saturated heterocycles. The number of nitrogens with zero attached hydrogens (tertiary/aromatic N) is 2. The molecule has 0 aliphatic heterocycles. The number of aryl methyl sites for hydroxylation is 1. The Morgan fingerprint density at radius 1 is 0.903 bits per heavy atom. The highest BCUT2D eigenvalue weighted by molar-refractivity contribution is 7.92. The molecule has 0 amide bonds. The van der Waals surface area contributed by atoms with Gasteiger partial charge in [0.05, 0.1) is 4.90 Å². The maximum absolute atomic E-state index is 12.7. The molecule has 3 N–H and O–H groups in total. The maximum atomic E-state index is 12.7. The van der Waals surface area contributed by atoms with E-state index in [1.807, 2.05) is 32.0 Å². The molecule has 0 aliphatic rings. The smallest absolute Gasteiger partial charge is 0.261 e. The first-order valence-electron chi connectivity index (χ1n) is 10.2. The van der Waals surface area contributed by atoms with Gasteiger partial charge < -0.3 is 10.6 Å². The van der Waals surface area contributed by atoms with E-state index >= 15 is 0 Å². The van der Waals surface area contributed by atoms with Crippen LogP contribution in [-0.4, -0.2) is 24.9 Å². The van der Waals surface area contributed by atoms with Gasteiger partial charge in [0.25, 0.3) is 10.0 Å². The summed E-state index contributed by atoms with van der Waals surface area (Å²) in [6.45, 7) is 10.9. The number of benzene rings is 2. The van der Waals surface area contributed by atoms with Gasteiger partial charge in [0.2, 0.25) is 5.95 Å². The van der Waals surface area contributed by atoms with E-state index in [-0.39, 0.29) is 10.3 Å². The zero-order chi connectivity index (χ0) is 22.6. The number of sulfonamides is 1. The van der Waals surface area contributed by atoms with E-state index in [9.17, 15) is 8.42 Å². The molecule has 0 saturated carbocycles. The molecule has 0 radical (unpaired) electrons. The summed E-state index contributed by atoms with van der Waals surface area (Å²) in [5.74, 6) is 1.22. The van der Waals surface area contributed by atoms with Crippen LogP contribution >= 0.6 is 0 Å². The van der Waals surface area contributed by atoms with E-state index in [1.54, 1.807) is 36.4 Å². The molecule has 1 aromatic heterocycles. The van der Waals surface area contributed by atoms with Crippen LogP contribution < -0.4 is 15.4 Å². The van der Waals surface area contributed by atoms with Gasteiger partial charge in [-0.1, -0.05) is 32.9 Å². The molecule has 2 aromatic carbocycles. The monoisotopic (exact) mass is 439 g/mol. The molecule has 0 atom stereocenters. The van der Waals surface area contributed by atoms with Crippen molar-refractivity contribution < 1.29 is 8.42 Å². The summed E-state index contributed by atoms with van der Waals surface area (Å²) >= 11 is 0. The van der Waals surface area contributed by atoms with Crippen molar-refractivity contribution in [3.63, 3.8) is 0 Å². The molecule has 0 aliphatic carbocycles. The lowest BCUT2D eigenvalue weighted by atomic mass is 9.87. The van der Waals surface area contributed by atoms with Gasteiger partial charge in [-0.05, 0) is 61.2 Å². The van der Waals surface area contributed by atoms with Gasteiger partial charge in [-0.15, -0.1) is 0 Å². The summed E-state index contributed by atoms with van der Waals surface area (Å²) < 4.78 is 28.1. The first-order valence-corrected chi connectivity index (χ1v) is 11.6. The van der Waals surface area contributed by atoms with Crippen molar-refractivity contribution in [2.24, 2.45) is 0 Å². The third kappa shape index (κ3) is 5.95. The minimum Gasteiger partial charge on any atom is -0.354 e. The standard InChI is InChI=1S/C23H29N5O2S/c1-6-24-22-25-16(2)15-21(27-22)26-18-9-11-19(12-10-18)28-31(29,30)20-13-7-17(8-14-20)23(3,4)5/h7-15,28H,6H2,1-5H3,(H2,24,25,26,27). The molecule has 8 heteroatoms. The number of anilines is 4. The van der Waals surface area contributed by atoms with Gasteiger partial charge in [0, 0.05) is 29.7 Å². The fourth-order valence-corrected chi connectivity index (χ4v) is 4.05. The average molecular weight is 440 g/mol. The van der Waals surface area contributed by atoms with E-state index in [0.29, 0.717) is 17.5 Å². The maximum Gasteiger partial charge on any atom is 0.261 e. The number of hydrogen-bond acceptors (Lipinski definition) is 6. The minimum absolute atomic E-state index is 0.0336. The van der Waals surface area contributed by atoms with Crippen molar-refractivity contribution in [1.29, 1.82) is 0 Å². The second-order valence-corrected chi connectivity index (χ2v) is 10.0. The van der Waals surface area contributed by atoms with Crippen LogP contribution in [0.5, 0.6) is 0 Å². The fraction of sp³-hybridized carbons (Fsp3) is 0.304. The highest BCUT2D eigenvalue weighted by atomic mass is 32.2. The largest absolute Gasteiger partial charge is 0.354 e. The second kappa shape index (κ2) is 8.93. The van der Waals surface area contributed by atoms with Crippen LogP contribution in [0.1, 0.15) is 39.0 Å². The molecule has 0 spiro atoms. The predicted octanol–water partition coefficient (Wildman–Crippen LogP) is 5.06. The summed E-state index contributed by atoms with van der Waals surface area (Å²) in [4.78, 5) is 8.98. The third-order valence-electron chi connectivity index (χ3n) is 4.63. The van der Waals surface area contributed by atoms with Crippen LogP contribution in [0.25, 0.3) is 0 Å². The van der Waals surface area contributed by atoms with Crippen LogP contribution in [0.3, 0.4) is 0 Å². The topological polar surface area (TPSA) is 96.0 Å². The van der Waals surface area contributed by atoms with Crippen LogP contribution in [0.15, 0.2) is 59.5 Å². The molecule has 7 nitrogen and oxygen atoms in total. The second-order valence-electron chi connectivity index (χ2n) is 8.33. The Balaban J connectivity index is 1.71. The van der Waals surface area contributed by atoms with Crippen LogP contribution in [0, 0.1) is 6.92 Å². The fourth-order valence-electron chi connectivity index (χ4n) is 2.99. The van der Waals surface area contributed by atoms with Gasteiger partial charge in [-0.25, -0.2) is 13.4 Å². The Bertz CT molecular complexity index is 1140. The minimum atomic E-state index is -3.66. The summed E-state index contributed by atoms with van der Waals surface area (Å²) in [5.41, 5.74) is 3.17. The lowest BCUT2D eigenvalue weighted by Crippen LogP contribution is -2.14. The van der Waals surface area contributed by atoms with E-state index < -0.39 is 10.0 Å². The molecule has 31 heavy (non-hydrogen) atoms. The summed E-state index contributed by atoms with van der Waals surface area (Å²) in [6.07, 6.45) is 0. The van der Waals surface area contributed by atoms with Gasteiger partial charge in [-0.2, -0.15) is 4.98 Å². The Kier molecular flexibility index (Phi) is 6.50. The van der Waals surface area contributed by atoms with Crippen molar-refractivity contribution in [2.45, 2.75) is 44.9 Å². The molecular formula is C23H29N5O2S. The number of nitrogens with one attached hydrogen (secondary N) is 3. The number of aromatic nitrogens is 2. The number of rotatable bonds is 7. The van der Waals surface area contributed by atoms with Crippen molar-refractivity contribution in [2.75, 3.05) is 21.9 Å². The molecule has 164 valence electrons. The van der Waals surface area contributed by atoms with Gasteiger partial charge in [0.15, 0.2) is 0 Å². The third-order valence-corrected chi connectivity index (χ3v) is 6.03. The van der Waals surface area contributed by atoms with E-state index in [4.69, 9.17) is 0 Å². The Morgan fingerprint density at radius 2 is 1.52 bits per heavy atom. The molecule has 0 fully saturated rings. The average Bonchev–Trinajstić information content (AvgIpc) is 2.68. The highest BCUT2D eigenvalue weighted by Crippen LogP contribution is 2.25. The van der Waals surface area contributed by atoms with Crippen molar-refractivity contribution >= 4 is 33.2 Å². The van der Waals surface area contributed by atoms with Crippen molar-refractivity contribution in [3.05, 3.63) is 65.9 Å². The quantitative estimate of drug-likeness (QED) is 0.476. The van der Waals surface area contributed by atoms with Gasteiger partial charge >= 0.3 is 0 Å². The lowest BCUT2D eigenvalue weighted by Gasteiger charge is -2.19. The Morgan fingerprint density at radius 3 is 2.10 bits per heavy atom. The highest BCUT2D eigenvalue weighted by Gasteiger charge is 2.17. The first kappa shape index (κ1) is 22.6. The van der Waals surface area contributed by atoms with Crippen molar-refractivity contribution in [1.82, 2.24) is 9.97 Å². The zero-order valence-electron chi connectivity index (χ0n) is 18.5. The van der Waals surface area contributed by atoms with E-state index in [1.165, 1.54) is 0 Å². The zero-order valence-corrected chi connectivity index (χ0v) is 19.3. The van der Waals surface area contributed by atoms with E-state index in [2.05, 4.69) is 46.1 Å². The number of hydrogen-bond donors (Lipinski definition) is 3. The van der Waals surface area contributed by atoms with Crippen LogP contribution in [0.2, 0.25) is 0 Å². The predicted molar refractivity (Wildman–Crippen MR) is 127 cm³/mol. The SMILES string of the molecule is CCNc1nc(C)cc(Nc2ccc(NS(=O)(=O)c3ccc(C(C)(C)C)cc3)cc2)n1. The first-order chi connectivity index (χ1) is 14.6. The molecular weight excluding hydrogens is 410 g/mol. The molecule has 3 aromatic rings. The normalized spacial score (nSPS) is 11.8. The molecule has 1 heterocycles. The summed E-state index contributed by atoms with van der Waals surface area (Å²) in [7, 11) is -3.66. The van der Waals surface area contributed by atoms with E-state index in [0.717, 1.165) is 23.5 Å². The Hall–Kier alpha value is -3.13. The molecule has 0 bridgehead atoms. The molecule has 0 unspecified atom stereocenters. The van der Waals surface area contributed by atoms with Gasteiger partial charge in [-0.3, -0.25) is 4.72 Å². The lowest BCUT2D eigenvalue weighted by molar-refractivity contribution is 0.587. The molecule has 3 rings (SSSR count). The van der Waals surface area contributed by atoms with Crippen LogP contribution in [0.4, 0.5) is 23.1 Å². The summed E-state index contributed by atoms with van der Waals surface area (Å²) in [6, 6.07) is 15.8. The Labute approximate surface area is 184 Å². The van der Waals surface area contributed by atoms with Crippen LogP contribution in [-0.2, 0) is 15.4 Å². The summed E-state index contributed by atoms with van der Waals surface area (Å²) in [5, 5.41) is 6.31.